The van der Waals surface area contributed by atoms with E-state index in [1.807, 2.05) is 0 Å². The molecule has 0 amide bonds. The lowest BCUT2D eigenvalue weighted by Gasteiger charge is -2.55. The van der Waals surface area contributed by atoms with E-state index in [1.165, 1.54) is 52.0 Å². The molecule has 1 aliphatic carbocycles. The van der Waals surface area contributed by atoms with Crippen LogP contribution in [0.15, 0.2) is 0 Å². The van der Waals surface area contributed by atoms with Crippen LogP contribution in [0.25, 0.3) is 0 Å². The minimum atomic E-state index is 0.263. The van der Waals surface area contributed by atoms with Crippen LogP contribution >= 0.6 is 0 Å². The molecule has 1 heterocycles. The van der Waals surface area contributed by atoms with Gasteiger partial charge in [0.15, 0.2) is 0 Å². The zero-order valence-electron chi connectivity index (χ0n) is 15.0. The van der Waals surface area contributed by atoms with Crippen LogP contribution in [0, 0.1) is 17.3 Å². The standard InChI is InChI=1S/C18H37N3/c1-15(2)13-20-8-10-21(11-9-20)18(14-19)7-6-17(4,5)12-16(18)3/h15-16H,6-14,19H2,1-5H3. The first-order valence-corrected chi connectivity index (χ1v) is 8.96. The van der Waals surface area contributed by atoms with Crippen molar-refractivity contribution in [3.05, 3.63) is 0 Å². The molecule has 3 heteroatoms. The molecule has 0 aromatic rings. The molecule has 0 aromatic heterocycles. The van der Waals surface area contributed by atoms with E-state index in [9.17, 15) is 0 Å². The van der Waals surface area contributed by atoms with Crippen LogP contribution in [0.3, 0.4) is 0 Å². The van der Waals surface area contributed by atoms with Crippen LogP contribution in [-0.4, -0.2) is 54.6 Å². The van der Waals surface area contributed by atoms with Crippen molar-refractivity contribution in [2.75, 3.05) is 39.3 Å². The van der Waals surface area contributed by atoms with Gasteiger partial charge in [-0.2, -0.15) is 0 Å². The van der Waals surface area contributed by atoms with Crippen LogP contribution in [0.1, 0.15) is 53.9 Å². The molecule has 2 rings (SSSR count). The van der Waals surface area contributed by atoms with Gasteiger partial charge < -0.3 is 10.6 Å². The summed E-state index contributed by atoms with van der Waals surface area (Å²) in [5, 5.41) is 0. The first-order valence-electron chi connectivity index (χ1n) is 8.96. The molecule has 0 radical (unpaired) electrons. The first kappa shape index (κ1) is 17.2. The van der Waals surface area contributed by atoms with Crippen LogP contribution < -0.4 is 5.73 Å². The molecule has 2 atom stereocenters. The highest BCUT2D eigenvalue weighted by atomic mass is 15.3. The number of nitrogens with zero attached hydrogens (tertiary/aromatic N) is 2. The zero-order valence-corrected chi connectivity index (χ0v) is 15.0. The van der Waals surface area contributed by atoms with E-state index < -0.39 is 0 Å². The molecule has 2 fully saturated rings. The average Bonchev–Trinajstić information content (AvgIpc) is 2.39. The van der Waals surface area contributed by atoms with Gasteiger partial charge in [-0.25, -0.2) is 0 Å². The van der Waals surface area contributed by atoms with Gasteiger partial charge in [-0.15, -0.1) is 0 Å². The summed E-state index contributed by atoms with van der Waals surface area (Å²) in [5.74, 6) is 1.48. The number of hydrogen-bond acceptors (Lipinski definition) is 3. The van der Waals surface area contributed by atoms with Crippen molar-refractivity contribution in [3.8, 4) is 0 Å². The SMILES string of the molecule is CC(C)CN1CCN(C2(CN)CCC(C)(C)CC2C)CC1. The monoisotopic (exact) mass is 295 g/mol. The van der Waals surface area contributed by atoms with E-state index in [2.05, 4.69) is 44.4 Å². The highest BCUT2D eigenvalue weighted by Crippen LogP contribution is 2.46. The van der Waals surface area contributed by atoms with Gasteiger partial charge in [0.1, 0.15) is 0 Å². The lowest BCUT2D eigenvalue weighted by molar-refractivity contribution is -0.0460. The summed E-state index contributed by atoms with van der Waals surface area (Å²) in [6.45, 7) is 18.8. The van der Waals surface area contributed by atoms with Crippen molar-refractivity contribution < 1.29 is 0 Å². The van der Waals surface area contributed by atoms with Crippen LogP contribution in [0.4, 0.5) is 0 Å². The van der Waals surface area contributed by atoms with Gasteiger partial charge in [0.25, 0.3) is 0 Å². The number of hydrogen-bond donors (Lipinski definition) is 1. The van der Waals surface area contributed by atoms with E-state index in [1.54, 1.807) is 0 Å². The second kappa shape index (κ2) is 6.55. The van der Waals surface area contributed by atoms with Crippen molar-refractivity contribution >= 4 is 0 Å². The molecular weight excluding hydrogens is 258 g/mol. The third-order valence-electron chi connectivity index (χ3n) is 5.99. The normalized spacial score (nSPS) is 35.3. The topological polar surface area (TPSA) is 32.5 Å². The highest BCUT2D eigenvalue weighted by Gasteiger charge is 2.47. The summed E-state index contributed by atoms with van der Waals surface area (Å²) in [6, 6.07) is 0. The van der Waals surface area contributed by atoms with Gasteiger partial charge in [0, 0.05) is 44.8 Å². The lowest BCUT2D eigenvalue weighted by atomic mass is 9.63. The molecule has 21 heavy (non-hydrogen) atoms. The smallest absolute Gasteiger partial charge is 0.0358 e. The third-order valence-corrected chi connectivity index (χ3v) is 5.99. The Balaban J connectivity index is 1.99. The predicted molar refractivity (Wildman–Crippen MR) is 91.4 cm³/mol. The Morgan fingerprint density at radius 1 is 1.10 bits per heavy atom. The molecule has 0 bridgehead atoms. The fourth-order valence-corrected chi connectivity index (χ4v) is 4.72. The zero-order chi connectivity index (χ0) is 15.7. The van der Waals surface area contributed by atoms with Gasteiger partial charge in [0.2, 0.25) is 0 Å². The molecule has 2 unspecified atom stereocenters. The fourth-order valence-electron chi connectivity index (χ4n) is 4.72. The molecule has 3 nitrogen and oxygen atoms in total. The van der Waals surface area contributed by atoms with Crippen molar-refractivity contribution in [1.82, 2.24) is 9.80 Å². The van der Waals surface area contributed by atoms with E-state index >= 15 is 0 Å². The predicted octanol–water partition coefficient (Wildman–Crippen LogP) is 2.80. The summed E-state index contributed by atoms with van der Waals surface area (Å²) < 4.78 is 0. The Kier molecular flexibility index (Phi) is 5.38. The summed E-state index contributed by atoms with van der Waals surface area (Å²) in [7, 11) is 0. The van der Waals surface area contributed by atoms with Crippen LogP contribution in [0.5, 0.6) is 0 Å². The lowest BCUT2D eigenvalue weighted by Crippen LogP contribution is -2.65. The van der Waals surface area contributed by atoms with Gasteiger partial charge in [-0.3, -0.25) is 4.90 Å². The van der Waals surface area contributed by atoms with Crippen LogP contribution in [0.2, 0.25) is 0 Å². The molecule has 1 saturated heterocycles. The van der Waals surface area contributed by atoms with Gasteiger partial charge in [-0.1, -0.05) is 34.6 Å². The van der Waals surface area contributed by atoms with Crippen LogP contribution in [-0.2, 0) is 0 Å². The maximum absolute atomic E-state index is 6.31. The third kappa shape index (κ3) is 3.80. The summed E-state index contributed by atoms with van der Waals surface area (Å²) in [6.07, 6.45) is 3.92. The van der Waals surface area contributed by atoms with Gasteiger partial charge in [-0.05, 0) is 36.5 Å². The molecule has 124 valence electrons. The minimum Gasteiger partial charge on any atom is -0.329 e. The largest absolute Gasteiger partial charge is 0.329 e. The Morgan fingerprint density at radius 2 is 1.71 bits per heavy atom. The first-order chi connectivity index (χ1) is 9.79. The Labute approximate surface area is 132 Å². The quantitative estimate of drug-likeness (QED) is 0.865. The fraction of sp³-hybridized carbons (Fsp3) is 1.00. The van der Waals surface area contributed by atoms with Crippen molar-refractivity contribution in [1.29, 1.82) is 0 Å². The number of rotatable bonds is 4. The maximum Gasteiger partial charge on any atom is 0.0358 e. The second-order valence-electron chi connectivity index (χ2n) is 8.76. The molecule has 1 saturated carbocycles. The molecule has 2 aliphatic rings. The maximum atomic E-state index is 6.31. The Bertz CT molecular complexity index is 331. The van der Waals surface area contributed by atoms with E-state index in [4.69, 9.17) is 5.73 Å². The van der Waals surface area contributed by atoms with Gasteiger partial charge >= 0.3 is 0 Å². The Hall–Kier alpha value is -0.120. The van der Waals surface area contributed by atoms with E-state index in [-0.39, 0.29) is 5.54 Å². The van der Waals surface area contributed by atoms with E-state index in [0.717, 1.165) is 12.5 Å². The van der Waals surface area contributed by atoms with E-state index in [0.29, 0.717) is 11.3 Å². The van der Waals surface area contributed by atoms with Crippen molar-refractivity contribution in [3.63, 3.8) is 0 Å². The van der Waals surface area contributed by atoms with Crippen molar-refractivity contribution in [2.24, 2.45) is 23.0 Å². The number of nitrogens with two attached hydrogens (primary N) is 1. The van der Waals surface area contributed by atoms with Crippen molar-refractivity contribution in [2.45, 2.75) is 59.4 Å². The Morgan fingerprint density at radius 3 is 2.19 bits per heavy atom. The van der Waals surface area contributed by atoms with Gasteiger partial charge in [0.05, 0.1) is 0 Å². The molecular formula is C18H37N3. The molecule has 2 N–H and O–H groups in total. The summed E-state index contributed by atoms with van der Waals surface area (Å²) in [5.41, 5.74) is 7.07. The highest BCUT2D eigenvalue weighted by molar-refractivity contribution is 5.03. The number of piperazine rings is 1. The molecule has 0 aromatic carbocycles. The minimum absolute atomic E-state index is 0.263. The molecule has 0 spiro atoms. The second-order valence-corrected chi connectivity index (χ2v) is 8.76. The summed E-state index contributed by atoms with van der Waals surface area (Å²) in [4.78, 5) is 5.37. The summed E-state index contributed by atoms with van der Waals surface area (Å²) >= 11 is 0. The average molecular weight is 296 g/mol. The molecule has 1 aliphatic heterocycles.